The lowest BCUT2D eigenvalue weighted by Gasteiger charge is -2.31. The lowest BCUT2D eigenvalue weighted by Crippen LogP contribution is -2.44. The molecule has 2 aromatic heterocycles. The second kappa shape index (κ2) is 8.72. The fraction of sp³-hybridized carbons (Fsp3) is 0.346. The van der Waals surface area contributed by atoms with Crippen molar-refractivity contribution in [2.45, 2.75) is 45.8 Å². The van der Waals surface area contributed by atoms with Crippen LogP contribution in [-0.4, -0.2) is 38.5 Å². The molecule has 1 aliphatic rings. The first kappa shape index (κ1) is 21.2. The molecule has 7 heteroatoms. The first-order valence-corrected chi connectivity index (χ1v) is 11.4. The van der Waals surface area contributed by atoms with Crippen LogP contribution in [0.25, 0.3) is 21.8 Å². The number of imidazole rings is 1. The Bertz CT molecular complexity index is 1450. The van der Waals surface area contributed by atoms with Crippen LogP contribution in [0.15, 0.2) is 47.4 Å². The summed E-state index contributed by atoms with van der Waals surface area (Å²) in [5.74, 6) is 6.81. The van der Waals surface area contributed by atoms with E-state index in [0.29, 0.717) is 24.1 Å². The number of piperidine rings is 1. The number of rotatable bonds is 4. The fourth-order valence-corrected chi connectivity index (χ4v) is 4.73. The van der Waals surface area contributed by atoms with Gasteiger partial charge >= 0.3 is 0 Å². The van der Waals surface area contributed by atoms with Gasteiger partial charge in [0, 0.05) is 19.1 Å². The second-order valence-electron chi connectivity index (χ2n) is 8.70. The lowest BCUT2D eigenvalue weighted by atomic mass is 10.00. The van der Waals surface area contributed by atoms with E-state index in [-0.39, 0.29) is 11.6 Å². The third-order valence-corrected chi connectivity index (χ3v) is 6.47. The Balaban J connectivity index is 1.64. The summed E-state index contributed by atoms with van der Waals surface area (Å²) in [5.41, 5.74) is 9.44. The number of nitrogens with two attached hydrogens (primary N) is 1. The van der Waals surface area contributed by atoms with Gasteiger partial charge in [-0.15, -0.1) is 5.92 Å². The van der Waals surface area contributed by atoms with Crippen molar-refractivity contribution in [3.63, 3.8) is 0 Å². The van der Waals surface area contributed by atoms with Crippen molar-refractivity contribution in [3.05, 3.63) is 64.1 Å². The number of hydrogen-bond donors (Lipinski definition) is 1. The summed E-state index contributed by atoms with van der Waals surface area (Å²) in [4.78, 5) is 20.6. The highest BCUT2D eigenvalue weighted by Gasteiger charge is 2.24. The van der Waals surface area contributed by atoms with Crippen LogP contribution in [0.2, 0.25) is 0 Å². The van der Waals surface area contributed by atoms with Gasteiger partial charge in [-0.2, -0.15) is 5.10 Å². The fourth-order valence-electron chi connectivity index (χ4n) is 4.73. The predicted octanol–water partition coefficient (Wildman–Crippen LogP) is 3.05. The van der Waals surface area contributed by atoms with Crippen molar-refractivity contribution in [1.82, 2.24) is 19.3 Å². The van der Waals surface area contributed by atoms with E-state index >= 15 is 0 Å². The quantitative estimate of drug-likeness (QED) is 0.493. The van der Waals surface area contributed by atoms with Gasteiger partial charge in [0.1, 0.15) is 11.0 Å². The minimum Gasteiger partial charge on any atom is -0.341 e. The smallest absolute Gasteiger partial charge is 0.293 e. The Labute approximate surface area is 192 Å². The van der Waals surface area contributed by atoms with E-state index in [9.17, 15) is 4.79 Å². The van der Waals surface area contributed by atoms with E-state index in [0.717, 1.165) is 53.8 Å². The summed E-state index contributed by atoms with van der Waals surface area (Å²) >= 11 is 0. The average Bonchev–Trinajstić information content (AvgIpc) is 3.20. The molecule has 1 aliphatic heterocycles. The standard InChI is InChI=1S/C26H28N6O/c1-3-4-14-31-24-23(29-26(31)30-13-7-9-20(27)16-30)15-28-32(25(24)33)17-22-18(2)11-12-19-8-5-6-10-21(19)22/h5-6,8,10-12,15,20H,7,9,13-14,16-17,27H2,1-2H3. The van der Waals surface area contributed by atoms with Gasteiger partial charge in [0.25, 0.3) is 5.56 Å². The molecule has 3 heterocycles. The van der Waals surface area contributed by atoms with Gasteiger partial charge in [-0.25, -0.2) is 9.67 Å². The molecule has 1 fully saturated rings. The lowest BCUT2D eigenvalue weighted by molar-refractivity contribution is 0.496. The summed E-state index contributed by atoms with van der Waals surface area (Å²) in [7, 11) is 0. The van der Waals surface area contributed by atoms with E-state index in [4.69, 9.17) is 10.7 Å². The van der Waals surface area contributed by atoms with E-state index < -0.39 is 0 Å². The van der Waals surface area contributed by atoms with Gasteiger partial charge in [0.05, 0.1) is 19.3 Å². The normalized spacial score (nSPS) is 16.2. The highest BCUT2D eigenvalue weighted by atomic mass is 16.1. The monoisotopic (exact) mass is 440 g/mol. The Morgan fingerprint density at radius 2 is 2.06 bits per heavy atom. The van der Waals surface area contributed by atoms with Crippen LogP contribution >= 0.6 is 0 Å². The minimum atomic E-state index is -0.155. The zero-order chi connectivity index (χ0) is 22.9. The van der Waals surface area contributed by atoms with Crippen molar-refractivity contribution in [1.29, 1.82) is 0 Å². The molecule has 1 saturated heterocycles. The summed E-state index contributed by atoms with van der Waals surface area (Å²) in [6, 6.07) is 12.6. The van der Waals surface area contributed by atoms with Crippen LogP contribution < -0.4 is 16.2 Å². The molecule has 168 valence electrons. The number of nitrogens with zero attached hydrogens (tertiary/aromatic N) is 5. The molecule has 2 N–H and O–H groups in total. The van der Waals surface area contributed by atoms with Gasteiger partial charge < -0.3 is 10.6 Å². The maximum Gasteiger partial charge on any atom is 0.293 e. The summed E-state index contributed by atoms with van der Waals surface area (Å²) < 4.78 is 3.47. The summed E-state index contributed by atoms with van der Waals surface area (Å²) in [5, 5.41) is 6.78. The van der Waals surface area contributed by atoms with Crippen molar-refractivity contribution >= 4 is 27.8 Å². The maximum atomic E-state index is 13.7. The van der Waals surface area contributed by atoms with Gasteiger partial charge in [-0.1, -0.05) is 42.3 Å². The Morgan fingerprint density at radius 1 is 1.21 bits per heavy atom. The van der Waals surface area contributed by atoms with Crippen LogP contribution in [-0.2, 0) is 13.1 Å². The second-order valence-corrected chi connectivity index (χ2v) is 8.70. The van der Waals surface area contributed by atoms with E-state index in [1.807, 2.05) is 16.7 Å². The van der Waals surface area contributed by atoms with Crippen LogP contribution in [0.1, 0.15) is 30.9 Å². The molecule has 5 rings (SSSR count). The molecule has 7 nitrogen and oxygen atoms in total. The molecule has 0 radical (unpaired) electrons. The molecule has 0 amide bonds. The average molecular weight is 441 g/mol. The first-order valence-electron chi connectivity index (χ1n) is 11.4. The molecule has 0 bridgehead atoms. The van der Waals surface area contributed by atoms with E-state index in [2.05, 4.69) is 53.0 Å². The van der Waals surface area contributed by atoms with Gasteiger partial charge in [-0.3, -0.25) is 9.36 Å². The third-order valence-electron chi connectivity index (χ3n) is 6.47. The Morgan fingerprint density at radius 3 is 2.88 bits per heavy atom. The van der Waals surface area contributed by atoms with E-state index in [1.54, 1.807) is 17.8 Å². The minimum absolute atomic E-state index is 0.105. The number of hydrogen-bond acceptors (Lipinski definition) is 5. The SMILES string of the molecule is CC#CCn1c(N2CCCC(N)C2)nc2cnn(Cc3c(C)ccc4ccccc34)c(=O)c21. The zero-order valence-corrected chi connectivity index (χ0v) is 19.1. The Hall–Kier alpha value is -3.63. The van der Waals surface area contributed by atoms with Gasteiger partial charge in [0.2, 0.25) is 5.95 Å². The summed E-state index contributed by atoms with van der Waals surface area (Å²) in [6.07, 6.45) is 3.71. The number of aryl methyl sites for hydroxylation is 1. The molecule has 4 aromatic rings. The molecule has 0 spiro atoms. The van der Waals surface area contributed by atoms with E-state index in [1.165, 1.54) is 0 Å². The number of fused-ring (bicyclic) bond motifs is 2. The number of anilines is 1. The van der Waals surface area contributed by atoms with Crippen LogP contribution in [0, 0.1) is 18.8 Å². The largest absolute Gasteiger partial charge is 0.341 e. The third kappa shape index (κ3) is 3.87. The van der Waals surface area contributed by atoms with Crippen LogP contribution in [0.3, 0.4) is 0 Å². The first-order chi connectivity index (χ1) is 16.1. The van der Waals surface area contributed by atoms with Crippen molar-refractivity contribution < 1.29 is 0 Å². The highest BCUT2D eigenvalue weighted by molar-refractivity contribution is 5.86. The van der Waals surface area contributed by atoms with Crippen LogP contribution in [0.4, 0.5) is 5.95 Å². The molecule has 1 atom stereocenters. The molecule has 2 aromatic carbocycles. The topological polar surface area (TPSA) is 82.0 Å². The predicted molar refractivity (Wildman–Crippen MR) is 132 cm³/mol. The molecular weight excluding hydrogens is 412 g/mol. The molecule has 1 unspecified atom stereocenters. The van der Waals surface area contributed by atoms with Crippen molar-refractivity contribution in [2.75, 3.05) is 18.0 Å². The van der Waals surface area contributed by atoms with Crippen molar-refractivity contribution in [3.8, 4) is 11.8 Å². The highest BCUT2D eigenvalue weighted by Crippen LogP contribution is 2.25. The summed E-state index contributed by atoms with van der Waals surface area (Å²) in [6.45, 7) is 6.27. The molecule has 0 saturated carbocycles. The number of aromatic nitrogens is 4. The van der Waals surface area contributed by atoms with Gasteiger partial charge in [0.15, 0.2) is 0 Å². The Kier molecular flexibility index (Phi) is 5.61. The number of benzene rings is 2. The van der Waals surface area contributed by atoms with Gasteiger partial charge in [-0.05, 0) is 48.6 Å². The van der Waals surface area contributed by atoms with Crippen molar-refractivity contribution in [2.24, 2.45) is 5.73 Å². The molecule has 0 aliphatic carbocycles. The molecule has 33 heavy (non-hydrogen) atoms. The maximum absolute atomic E-state index is 13.7. The molecular formula is C26H28N6O. The van der Waals surface area contributed by atoms with Crippen LogP contribution in [0.5, 0.6) is 0 Å². The zero-order valence-electron chi connectivity index (χ0n) is 19.1.